The highest BCUT2D eigenvalue weighted by Crippen LogP contribution is 2.22. The zero-order valence-corrected chi connectivity index (χ0v) is 14.4. The summed E-state index contributed by atoms with van der Waals surface area (Å²) in [5.41, 5.74) is -0.579. The van der Waals surface area contributed by atoms with E-state index in [1.54, 1.807) is 33.8 Å². The van der Waals surface area contributed by atoms with Gasteiger partial charge in [0.1, 0.15) is 11.4 Å². The third-order valence-corrected chi connectivity index (χ3v) is 2.90. The van der Waals surface area contributed by atoms with E-state index in [0.29, 0.717) is 0 Å². The molecule has 0 saturated heterocycles. The number of halogens is 2. The first-order chi connectivity index (χ1) is 10.6. The normalized spacial score (nSPS) is 12.0. The molecule has 126 valence electrons. The van der Waals surface area contributed by atoms with Crippen molar-refractivity contribution in [2.75, 3.05) is 6.61 Å². The van der Waals surface area contributed by atoms with Crippen LogP contribution in [-0.4, -0.2) is 24.1 Å². The fourth-order valence-electron chi connectivity index (χ4n) is 1.76. The maximum atomic E-state index is 14.0. The fourth-order valence-corrected chi connectivity index (χ4v) is 1.94. The molecule has 0 aliphatic rings. The van der Waals surface area contributed by atoms with E-state index in [1.807, 2.05) is 0 Å². The molecular formula is C17H20ClFO4. The van der Waals surface area contributed by atoms with E-state index < -0.39 is 23.4 Å². The van der Waals surface area contributed by atoms with Gasteiger partial charge in [0.05, 0.1) is 18.1 Å². The summed E-state index contributed by atoms with van der Waals surface area (Å²) < 4.78 is 24.1. The molecule has 0 unspecified atom stereocenters. The largest absolute Gasteiger partial charge is 0.463 e. The van der Waals surface area contributed by atoms with Gasteiger partial charge in [-0.25, -0.2) is 9.18 Å². The molecule has 0 spiro atoms. The van der Waals surface area contributed by atoms with Gasteiger partial charge in [0.2, 0.25) is 0 Å². The molecule has 0 N–H and O–H groups in total. The zero-order chi connectivity index (χ0) is 17.6. The number of esters is 2. The topological polar surface area (TPSA) is 52.6 Å². The van der Waals surface area contributed by atoms with Gasteiger partial charge in [-0.15, -0.1) is 0 Å². The number of hydrogen-bond acceptors (Lipinski definition) is 4. The van der Waals surface area contributed by atoms with Crippen LogP contribution in [0.15, 0.2) is 23.8 Å². The van der Waals surface area contributed by atoms with Crippen molar-refractivity contribution in [3.63, 3.8) is 0 Å². The number of carbonyl (C=O) groups is 2. The molecule has 0 aliphatic heterocycles. The Labute approximate surface area is 140 Å². The van der Waals surface area contributed by atoms with E-state index in [2.05, 4.69) is 0 Å². The predicted molar refractivity (Wildman–Crippen MR) is 86.5 cm³/mol. The molecule has 4 nitrogen and oxygen atoms in total. The molecule has 0 aliphatic carbocycles. The molecule has 1 aromatic rings. The van der Waals surface area contributed by atoms with Gasteiger partial charge in [-0.2, -0.15) is 0 Å². The Balaban J connectivity index is 3.10. The van der Waals surface area contributed by atoms with Crippen LogP contribution in [0.1, 0.15) is 39.7 Å². The van der Waals surface area contributed by atoms with Crippen molar-refractivity contribution < 1.29 is 23.5 Å². The quantitative estimate of drug-likeness (QED) is 0.595. The van der Waals surface area contributed by atoms with Crippen molar-refractivity contribution in [3.05, 3.63) is 40.2 Å². The summed E-state index contributed by atoms with van der Waals surface area (Å²) in [5, 5.41) is -0.0702. The Morgan fingerprint density at radius 1 is 1.30 bits per heavy atom. The Morgan fingerprint density at radius 3 is 2.52 bits per heavy atom. The SMILES string of the molecule is CCOC(=O)/C(=C\c1cccc(Cl)c1F)CC(=O)OC(C)(C)C. The molecule has 0 bridgehead atoms. The number of benzene rings is 1. The summed E-state index contributed by atoms with van der Waals surface area (Å²) in [6.07, 6.45) is 0.936. The van der Waals surface area contributed by atoms with E-state index >= 15 is 0 Å². The molecule has 1 rings (SSSR count). The maximum Gasteiger partial charge on any atom is 0.334 e. The van der Waals surface area contributed by atoms with Crippen LogP contribution >= 0.6 is 11.6 Å². The molecule has 0 atom stereocenters. The van der Waals surface area contributed by atoms with Crippen molar-refractivity contribution in [1.82, 2.24) is 0 Å². The lowest BCUT2D eigenvalue weighted by atomic mass is 10.1. The lowest BCUT2D eigenvalue weighted by molar-refractivity contribution is -0.155. The minimum atomic E-state index is -0.697. The van der Waals surface area contributed by atoms with Crippen molar-refractivity contribution in [2.24, 2.45) is 0 Å². The van der Waals surface area contributed by atoms with Crippen LogP contribution in [0.3, 0.4) is 0 Å². The van der Waals surface area contributed by atoms with E-state index in [4.69, 9.17) is 21.1 Å². The van der Waals surface area contributed by atoms with Gasteiger partial charge >= 0.3 is 11.9 Å². The molecule has 0 heterocycles. The van der Waals surface area contributed by atoms with Crippen LogP contribution in [-0.2, 0) is 19.1 Å². The smallest absolute Gasteiger partial charge is 0.334 e. The van der Waals surface area contributed by atoms with Crippen LogP contribution in [0, 0.1) is 5.82 Å². The number of carbonyl (C=O) groups excluding carboxylic acids is 2. The third kappa shape index (κ3) is 6.40. The van der Waals surface area contributed by atoms with Gasteiger partial charge in [0.25, 0.3) is 0 Å². The highest BCUT2D eigenvalue weighted by atomic mass is 35.5. The van der Waals surface area contributed by atoms with Gasteiger partial charge in [-0.1, -0.05) is 23.7 Å². The molecular weight excluding hydrogens is 323 g/mol. The zero-order valence-electron chi connectivity index (χ0n) is 13.6. The average molecular weight is 343 g/mol. The van der Waals surface area contributed by atoms with Crippen LogP contribution in [0.25, 0.3) is 6.08 Å². The Bertz CT molecular complexity index is 618. The van der Waals surface area contributed by atoms with Crippen LogP contribution in [0.2, 0.25) is 5.02 Å². The minimum absolute atomic E-state index is 0.00210. The molecule has 23 heavy (non-hydrogen) atoms. The van der Waals surface area contributed by atoms with Crippen LogP contribution in [0.4, 0.5) is 4.39 Å². The molecule has 0 amide bonds. The number of hydrogen-bond donors (Lipinski definition) is 0. The minimum Gasteiger partial charge on any atom is -0.463 e. The molecule has 0 aromatic heterocycles. The Morgan fingerprint density at radius 2 is 1.96 bits per heavy atom. The summed E-state index contributed by atoms with van der Waals surface area (Å²) in [6, 6.07) is 4.40. The van der Waals surface area contributed by atoms with Crippen molar-refractivity contribution in [2.45, 2.75) is 39.7 Å². The summed E-state index contributed by atoms with van der Waals surface area (Å²) in [4.78, 5) is 23.9. The van der Waals surface area contributed by atoms with E-state index in [1.165, 1.54) is 18.2 Å². The monoisotopic (exact) mass is 342 g/mol. The predicted octanol–water partition coefficient (Wildman–Crippen LogP) is 4.16. The second-order valence-corrected chi connectivity index (χ2v) is 6.20. The number of ether oxygens (including phenoxy) is 2. The lowest BCUT2D eigenvalue weighted by Gasteiger charge is -2.19. The average Bonchev–Trinajstić information content (AvgIpc) is 2.41. The van der Waals surface area contributed by atoms with Gasteiger partial charge in [-0.3, -0.25) is 4.79 Å². The molecule has 1 aromatic carbocycles. The van der Waals surface area contributed by atoms with Crippen molar-refractivity contribution in [1.29, 1.82) is 0 Å². The number of rotatable bonds is 5. The van der Waals surface area contributed by atoms with E-state index in [0.717, 1.165) is 0 Å². The van der Waals surface area contributed by atoms with Crippen LogP contribution < -0.4 is 0 Å². The second kappa shape index (κ2) is 8.11. The summed E-state index contributed by atoms with van der Waals surface area (Å²) >= 11 is 5.72. The summed E-state index contributed by atoms with van der Waals surface area (Å²) in [5.74, 6) is -1.96. The highest BCUT2D eigenvalue weighted by Gasteiger charge is 2.21. The van der Waals surface area contributed by atoms with Gasteiger partial charge in [-0.05, 0) is 39.8 Å². The summed E-state index contributed by atoms with van der Waals surface area (Å²) in [7, 11) is 0. The van der Waals surface area contributed by atoms with Crippen LogP contribution in [0.5, 0.6) is 0 Å². The van der Waals surface area contributed by atoms with Crippen molar-refractivity contribution >= 4 is 29.6 Å². The Kier molecular flexibility index (Phi) is 6.76. The molecule has 0 saturated carbocycles. The van der Waals surface area contributed by atoms with E-state index in [-0.39, 0.29) is 29.2 Å². The van der Waals surface area contributed by atoms with E-state index in [9.17, 15) is 14.0 Å². The fraction of sp³-hybridized carbons (Fsp3) is 0.412. The van der Waals surface area contributed by atoms with Gasteiger partial charge in [0.15, 0.2) is 0 Å². The molecule has 0 fully saturated rings. The standard InChI is InChI=1S/C17H20ClFO4/c1-5-22-16(21)12(10-14(20)23-17(2,3)4)9-11-7-6-8-13(18)15(11)19/h6-9H,5,10H2,1-4H3/b12-9-. The third-order valence-electron chi connectivity index (χ3n) is 2.60. The molecule has 0 radical (unpaired) electrons. The first-order valence-electron chi connectivity index (χ1n) is 7.17. The highest BCUT2D eigenvalue weighted by molar-refractivity contribution is 6.30. The molecule has 6 heteroatoms. The maximum absolute atomic E-state index is 14.0. The first kappa shape index (κ1) is 19.2. The second-order valence-electron chi connectivity index (χ2n) is 5.80. The lowest BCUT2D eigenvalue weighted by Crippen LogP contribution is -2.25. The van der Waals surface area contributed by atoms with Crippen molar-refractivity contribution in [3.8, 4) is 0 Å². The Hall–Kier alpha value is -1.88. The van der Waals surface area contributed by atoms with Gasteiger partial charge < -0.3 is 9.47 Å². The van der Waals surface area contributed by atoms with Gasteiger partial charge in [0, 0.05) is 11.1 Å². The summed E-state index contributed by atoms with van der Waals surface area (Å²) in [6.45, 7) is 6.94. The first-order valence-corrected chi connectivity index (χ1v) is 7.55.